The molecule has 0 bridgehead atoms. The third kappa shape index (κ3) is 7.08. The number of benzene rings is 3. The van der Waals surface area contributed by atoms with Crippen LogP contribution in [0.3, 0.4) is 0 Å². The van der Waals surface area contributed by atoms with Gasteiger partial charge in [-0.05, 0) is 67.4 Å². The molecule has 2 N–H and O–H groups in total. The van der Waals surface area contributed by atoms with Crippen molar-refractivity contribution in [2.45, 2.75) is 20.5 Å². The molecule has 3 amide bonds. The Bertz CT molecular complexity index is 1690. The summed E-state index contributed by atoms with van der Waals surface area (Å²) in [6, 6.07) is 17.8. The van der Waals surface area contributed by atoms with Crippen molar-refractivity contribution in [2.75, 3.05) is 25.5 Å². The molecule has 0 saturated heterocycles. The summed E-state index contributed by atoms with van der Waals surface area (Å²) in [6.45, 7) is 3.77. The van der Waals surface area contributed by atoms with Crippen molar-refractivity contribution in [3.63, 3.8) is 0 Å². The van der Waals surface area contributed by atoms with Crippen molar-refractivity contribution in [2.24, 2.45) is 0 Å². The van der Waals surface area contributed by atoms with Gasteiger partial charge in [0.05, 0.1) is 17.3 Å². The Labute approximate surface area is 254 Å². The fourth-order valence-electron chi connectivity index (χ4n) is 4.34. The lowest BCUT2D eigenvalue weighted by Gasteiger charge is -2.21. The van der Waals surface area contributed by atoms with E-state index in [2.05, 4.69) is 15.6 Å². The summed E-state index contributed by atoms with van der Waals surface area (Å²) in [4.78, 5) is 42.9. The second kappa shape index (κ2) is 13.5. The molecule has 4 rings (SSSR count). The Morgan fingerprint density at radius 2 is 1.76 bits per heavy atom. The van der Waals surface area contributed by atoms with Crippen LogP contribution in [-0.4, -0.2) is 43.3 Å². The van der Waals surface area contributed by atoms with Crippen molar-refractivity contribution >= 4 is 63.6 Å². The molecule has 4 aromatic rings. The molecule has 0 atom stereocenters. The number of amides is 3. The van der Waals surface area contributed by atoms with Crippen molar-refractivity contribution in [1.82, 2.24) is 15.6 Å². The standard InChI is InChI=1S/C32H30Cl2N4O4/c1-19-16-20(2)37-31-23(19)6-5-7-27(31)42-18-24-25(33)13-14-26(30(24)34)38(4)29(40)17-36-28(39)15-10-21-8-11-22(12-9-21)32(41)35-3/h5-16H,17-18H2,1-4H3,(H,35,41)(H,36,39)/b15-10+. The molecular formula is C32H30Cl2N4O4. The molecular weight excluding hydrogens is 575 g/mol. The number of hydrogen-bond donors (Lipinski definition) is 2. The fraction of sp³-hybridized carbons (Fsp3) is 0.188. The van der Waals surface area contributed by atoms with Crippen molar-refractivity contribution in [1.29, 1.82) is 0 Å². The van der Waals surface area contributed by atoms with Crippen LogP contribution in [0.25, 0.3) is 17.0 Å². The molecule has 0 spiro atoms. The maximum Gasteiger partial charge on any atom is 0.251 e. The van der Waals surface area contributed by atoms with Crippen molar-refractivity contribution in [3.05, 3.63) is 105 Å². The van der Waals surface area contributed by atoms with Gasteiger partial charge in [0, 0.05) is 47.4 Å². The first kappa shape index (κ1) is 30.6. The van der Waals surface area contributed by atoms with Crippen LogP contribution < -0.4 is 20.3 Å². The molecule has 0 saturated carbocycles. The van der Waals surface area contributed by atoms with E-state index >= 15 is 0 Å². The second-order valence-corrected chi connectivity index (χ2v) is 10.4. The van der Waals surface area contributed by atoms with Gasteiger partial charge in [-0.25, -0.2) is 4.98 Å². The van der Waals surface area contributed by atoms with Gasteiger partial charge >= 0.3 is 0 Å². The molecule has 0 aliphatic carbocycles. The van der Waals surface area contributed by atoms with Crippen LogP contribution >= 0.6 is 23.2 Å². The lowest BCUT2D eigenvalue weighted by atomic mass is 10.1. The third-order valence-electron chi connectivity index (χ3n) is 6.65. The van der Waals surface area contributed by atoms with E-state index in [0.717, 1.165) is 27.7 Å². The van der Waals surface area contributed by atoms with Crippen LogP contribution in [0.1, 0.15) is 32.7 Å². The number of halogens is 2. The van der Waals surface area contributed by atoms with Gasteiger partial charge < -0.3 is 20.3 Å². The lowest BCUT2D eigenvalue weighted by molar-refractivity contribution is -0.122. The number of anilines is 1. The Morgan fingerprint density at radius 3 is 2.48 bits per heavy atom. The Kier molecular flexibility index (Phi) is 9.83. The number of rotatable bonds is 9. The molecule has 1 heterocycles. The number of aryl methyl sites for hydroxylation is 2. The summed E-state index contributed by atoms with van der Waals surface area (Å²) in [7, 11) is 3.12. The highest BCUT2D eigenvalue weighted by Crippen LogP contribution is 2.35. The molecule has 8 nitrogen and oxygen atoms in total. The minimum atomic E-state index is -0.447. The highest BCUT2D eigenvalue weighted by atomic mass is 35.5. The molecule has 0 aliphatic heterocycles. The average molecular weight is 606 g/mol. The molecule has 0 aliphatic rings. The lowest BCUT2D eigenvalue weighted by Crippen LogP contribution is -2.37. The smallest absolute Gasteiger partial charge is 0.251 e. The van der Waals surface area contributed by atoms with E-state index in [9.17, 15) is 14.4 Å². The SMILES string of the molecule is CNC(=O)c1ccc(/C=C/C(=O)NCC(=O)N(C)c2ccc(Cl)c(COc3cccc4c(C)cc(C)nc34)c2Cl)cc1. The Hall–Kier alpha value is -4.40. The number of nitrogens with zero attached hydrogens (tertiary/aromatic N) is 2. The van der Waals surface area contributed by atoms with Gasteiger partial charge in [-0.3, -0.25) is 14.4 Å². The first-order chi connectivity index (χ1) is 20.1. The van der Waals surface area contributed by atoms with Gasteiger partial charge in [0.2, 0.25) is 11.8 Å². The molecule has 10 heteroatoms. The first-order valence-corrected chi connectivity index (χ1v) is 13.9. The van der Waals surface area contributed by atoms with Gasteiger partial charge in [-0.2, -0.15) is 0 Å². The van der Waals surface area contributed by atoms with E-state index in [-0.39, 0.29) is 30.0 Å². The number of hydrogen-bond acceptors (Lipinski definition) is 5. The summed E-state index contributed by atoms with van der Waals surface area (Å²) in [5, 5.41) is 6.78. The van der Waals surface area contributed by atoms with E-state index < -0.39 is 5.91 Å². The number of para-hydroxylation sites is 1. The molecule has 216 valence electrons. The minimum Gasteiger partial charge on any atom is -0.487 e. The number of carbonyl (C=O) groups is 3. The number of likely N-dealkylation sites (N-methyl/N-ethyl adjacent to an activating group) is 1. The quantitative estimate of drug-likeness (QED) is 0.232. The summed E-state index contributed by atoms with van der Waals surface area (Å²) >= 11 is 13.2. The van der Waals surface area contributed by atoms with Crippen LogP contribution in [-0.2, 0) is 16.2 Å². The maximum atomic E-state index is 12.9. The van der Waals surface area contributed by atoms with Gasteiger partial charge in [0.1, 0.15) is 17.9 Å². The number of carbonyl (C=O) groups excluding carboxylic acids is 3. The zero-order valence-electron chi connectivity index (χ0n) is 23.6. The molecule has 3 aromatic carbocycles. The molecule has 42 heavy (non-hydrogen) atoms. The minimum absolute atomic E-state index is 0.0624. The number of nitrogens with one attached hydrogen (secondary N) is 2. The Morgan fingerprint density at radius 1 is 1.02 bits per heavy atom. The van der Waals surface area contributed by atoms with E-state index in [1.165, 1.54) is 11.0 Å². The summed E-state index contributed by atoms with van der Waals surface area (Å²) in [5.74, 6) is -0.428. The maximum absolute atomic E-state index is 12.9. The largest absolute Gasteiger partial charge is 0.487 e. The number of pyridine rings is 1. The van der Waals surface area contributed by atoms with Gasteiger partial charge in [-0.1, -0.05) is 47.5 Å². The van der Waals surface area contributed by atoms with Crippen LogP contribution in [0.15, 0.2) is 66.7 Å². The third-order valence-corrected chi connectivity index (χ3v) is 7.43. The first-order valence-electron chi connectivity index (χ1n) is 13.1. The van der Waals surface area contributed by atoms with Crippen LogP contribution in [0.4, 0.5) is 5.69 Å². The second-order valence-electron chi connectivity index (χ2n) is 9.59. The highest BCUT2D eigenvalue weighted by molar-refractivity contribution is 6.38. The average Bonchev–Trinajstić information content (AvgIpc) is 2.98. The molecule has 0 fully saturated rings. The summed E-state index contributed by atoms with van der Waals surface area (Å²) in [5.41, 5.74) is 4.91. The fourth-order valence-corrected chi connectivity index (χ4v) is 4.94. The number of ether oxygens (including phenoxy) is 1. The van der Waals surface area contributed by atoms with E-state index in [1.54, 1.807) is 56.6 Å². The Balaban J connectivity index is 1.40. The molecule has 1 aromatic heterocycles. The van der Waals surface area contributed by atoms with Crippen LogP contribution in [0, 0.1) is 13.8 Å². The number of fused-ring (bicyclic) bond motifs is 1. The summed E-state index contributed by atoms with van der Waals surface area (Å²) < 4.78 is 6.12. The monoisotopic (exact) mass is 604 g/mol. The van der Waals surface area contributed by atoms with Crippen LogP contribution in [0.5, 0.6) is 5.75 Å². The van der Waals surface area contributed by atoms with E-state index in [4.69, 9.17) is 27.9 Å². The zero-order valence-corrected chi connectivity index (χ0v) is 25.1. The normalized spacial score (nSPS) is 11.0. The zero-order chi connectivity index (χ0) is 30.4. The van der Waals surface area contributed by atoms with E-state index in [0.29, 0.717) is 27.6 Å². The van der Waals surface area contributed by atoms with Crippen molar-refractivity contribution in [3.8, 4) is 5.75 Å². The highest BCUT2D eigenvalue weighted by Gasteiger charge is 2.19. The van der Waals surface area contributed by atoms with Gasteiger partial charge in [0.25, 0.3) is 5.91 Å². The topological polar surface area (TPSA) is 101 Å². The summed E-state index contributed by atoms with van der Waals surface area (Å²) in [6.07, 6.45) is 2.91. The van der Waals surface area contributed by atoms with Gasteiger partial charge in [0.15, 0.2) is 0 Å². The van der Waals surface area contributed by atoms with E-state index in [1.807, 2.05) is 38.1 Å². The van der Waals surface area contributed by atoms with Gasteiger partial charge in [-0.15, -0.1) is 0 Å². The predicted octanol–water partition coefficient (Wildman–Crippen LogP) is 5.89. The van der Waals surface area contributed by atoms with Crippen LogP contribution in [0.2, 0.25) is 10.0 Å². The van der Waals surface area contributed by atoms with Crippen molar-refractivity contribution < 1.29 is 19.1 Å². The predicted molar refractivity (Wildman–Crippen MR) is 167 cm³/mol. The molecule has 0 radical (unpaired) electrons. The molecule has 0 unspecified atom stereocenters. The number of aromatic nitrogens is 1.